The van der Waals surface area contributed by atoms with Crippen LogP contribution in [0.3, 0.4) is 0 Å². The molecular weight excluding hydrogens is 574 g/mol. The second-order valence-electron chi connectivity index (χ2n) is 11.7. The highest BCUT2D eigenvalue weighted by Gasteiger charge is 2.60. The van der Waals surface area contributed by atoms with Crippen molar-refractivity contribution >= 4 is 17.9 Å². The smallest absolute Gasteiger partial charge is 0.249 e. The molecule has 238 valence electrons. The number of carbonyl (C=O) groups excluding carboxylic acids is 2. The molecule has 11 nitrogen and oxygen atoms in total. The van der Waals surface area contributed by atoms with Crippen molar-refractivity contribution in [2.45, 2.75) is 76.7 Å². The van der Waals surface area contributed by atoms with Crippen molar-refractivity contribution in [2.24, 2.45) is 11.7 Å². The second kappa shape index (κ2) is 12.9. The molecule has 0 radical (unpaired) electrons. The van der Waals surface area contributed by atoms with Crippen LogP contribution in [-0.4, -0.2) is 46.1 Å². The summed E-state index contributed by atoms with van der Waals surface area (Å²) in [5, 5.41) is 16.1. The zero-order valence-electron chi connectivity index (χ0n) is 26.3. The highest BCUT2D eigenvalue weighted by Crippen LogP contribution is 2.59. The van der Waals surface area contributed by atoms with Crippen molar-refractivity contribution < 1.29 is 28.3 Å². The molecule has 4 aromatic rings. The Kier molecular flexibility index (Phi) is 9.13. The number of nitrogens with one attached hydrogen (secondary N) is 2. The Balaban J connectivity index is 0.000000390. The summed E-state index contributed by atoms with van der Waals surface area (Å²) in [5.41, 5.74) is 7.46. The van der Waals surface area contributed by atoms with Gasteiger partial charge in [0.15, 0.2) is 29.8 Å². The van der Waals surface area contributed by atoms with Gasteiger partial charge in [0, 0.05) is 17.7 Å². The average Bonchev–Trinajstić information content (AvgIpc) is 3.82. The average molecular weight is 616 g/mol. The van der Waals surface area contributed by atoms with Crippen LogP contribution in [0.5, 0.6) is 5.75 Å². The number of nitrogens with two attached hydrogens (primary N) is 1. The second-order valence-corrected chi connectivity index (χ2v) is 11.7. The van der Waals surface area contributed by atoms with E-state index in [1.807, 2.05) is 37.4 Å². The lowest BCUT2D eigenvalue weighted by atomic mass is 9.72. The molecule has 2 aromatic heterocycles. The quantitative estimate of drug-likeness (QED) is 0.171. The van der Waals surface area contributed by atoms with Gasteiger partial charge in [0.05, 0.1) is 12.2 Å². The van der Waals surface area contributed by atoms with Gasteiger partial charge in [-0.15, -0.1) is 0 Å². The normalized spacial score (nSPS) is 18.6. The number of amides is 1. The molecule has 1 amide bonds. The van der Waals surface area contributed by atoms with Gasteiger partial charge in [-0.1, -0.05) is 58.0 Å². The molecular formula is C34H41N5O6. The molecule has 0 fully saturated rings. The Bertz CT molecular complexity index is 1640. The highest BCUT2D eigenvalue weighted by molar-refractivity contribution is 5.83. The molecule has 2 unspecified atom stereocenters. The Morgan fingerprint density at radius 1 is 1.20 bits per heavy atom. The molecule has 0 spiro atoms. The summed E-state index contributed by atoms with van der Waals surface area (Å²) in [4.78, 5) is 30.7. The van der Waals surface area contributed by atoms with Crippen molar-refractivity contribution in [3.8, 4) is 17.2 Å². The lowest BCUT2D eigenvalue weighted by Gasteiger charge is -2.27. The molecule has 0 bridgehead atoms. The first kappa shape index (κ1) is 31.9. The Morgan fingerprint density at radius 2 is 1.96 bits per heavy atom. The number of carbonyl (C=O) groups is 2. The standard InChI is InChI=1S/C28H28N4O4.C6H13NO2/c1-16(2)23(29-3)26-32-24(22-14-30-15-34-22)25(36-26)28-18-8-4-5-9-20(18)31-27(28)35-21-11-10-17(7-6-12-33)13-19(21)28;1-3-6(9,4-2)5(7)8/h4-5,8-16,23,27,29,31H,6-7H2,1-3H3;9H,3-4H2,1-2H3,(H2,7,8)/t23?,27?,28-;/m0./s1. The SMILES string of the molecule is CCC(O)(CC)C(N)=O.CNC(c1nc(-c2cnco2)c([C@@]23c4ccccc4NC2Oc2ccc(CCC=O)cc23)o1)C(C)C. The van der Waals surface area contributed by atoms with Gasteiger partial charge in [-0.3, -0.25) is 4.79 Å². The van der Waals surface area contributed by atoms with Gasteiger partial charge in [0.25, 0.3) is 0 Å². The maximum Gasteiger partial charge on any atom is 0.249 e. The molecule has 5 N–H and O–H groups in total. The Hall–Kier alpha value is -4.48. The van der Waals surface area contributed by atoms with Crippen molar-refractivity contribution in [2.75, 3.05) is 12.4 Å². The third-order valence-electron chi connectivity index (χ3n) is 8.84. The number of fused-ring (bicyclic) bond motifs is 5. The van der Waals surface area contributed by atoms with Gasteiger partial charge in [-0.05, 0) is 55.5 Å². The number of oxazole rings is 2. The van der Waals surface area contributed by atoms with Gasteiger partial charge < -0.3 is 39.8 Å². The number of aromatic nitrogens is 2. The predicted molar refractivity (Wildman–Crippen MR) is 169 cm³/mol. The fourth-order valence-corrected chi connectivity index (χ4v) is 6.18. The van der Waals surface area contributed by atoms with E-state index in [9.17, 15) is 14.7 Å². The van der Waals surface area contributed by atoms with E-state index in [2.05, 4.69) is 41.6 Å². The number of benzene rings is 2. The van der Waals surface area contributed by atoms with E-state index in [1.54, 1.807) is 20.0 Å². The Labute approximate surface area is 262 Å². The number of primary amides is 1. The number of hydrogen-bond donors (Lipinski definition) is 4. The van der Waals surface area contributed by atoms with Gasteiger partial charge in [-0.25, -0.2) is 9.97 Å². The van der Waals surface area contributed by atoms with E-state index in [-0.39, 0.29) is 12.0 Å². The minimum atomic E-state index is -1.28. The number of rotatable bonds is 11. The number of para-hydroxylation sites is 1. The molecule has 0 saturated carbocycles. The van der Waals surface area contributed by atoms with Crippen LogP contribution in [0.1, 0.15) is 81.3 Å². The monoisotopic (exact) mass is 615 g/mol. The fraction of sp³-hybridized carbons (Fsp3) is 0.412. The molecule has 3 atom stereocenters. The van der Waals surface area contributed by atoms with E-state index in [0.717, 1.165) is 34.4 Å². The number of anilines is 1. The van der Waals surface area contributed by atoms with Crippen LogP contribution in [0.4, 0.5) is 5.69 Å². The summed E-state index contributed by atoms with van der Waals surface area (Å²) in [5.74, 6) is 2.14. The van der Waals surface area contributed by atoms with Crippen LogP contribution in [0.25, 0.3) is 11.5 Å². The van der Waals surface area contributed by atoms with Gasteiger partial charge in [0.1, 0.15) is 23.1 Å². The number of ether oxygens (including phenoxy) is 1. The van der Waals surface area contributed by atoms with Crippen LogP contribution in [-0.2, 0) is 21.4 Å². The third-order valence-corrected chi connectivity index (χ3v) is 8.84. The molecule has 0 aliphatic carbocycles. The molecule has 2 aromatic carbocycles. The topological polar surface area (TPSA) is 166 Å². The molecule has 2 aliphatic rings. The first-order valence-electron chi connectivity index (χ1n) is 15.3. The maximum atomic E-state index is 11.1. The van der Waals surface area contributed by atoms with E-state index < -0.39 is 23.2 Å². The zero-order chi connectivity index (χ0) is 32.4. The summed E-state index contributed by atoms with van der Waals surface area (Å²) < 4.78 is 19.0. The van der Waals surface area contributed by atoms with Gasteiger partial charge in [0.2, 0.25) is 11.8 Å². The third kappa shape index (κ3) is 5.51. The molecule has 0 saturated heterocycles. The van der Waals surface area contributed by atoms with E-state index in [0.29, 0.717) is 48.8 Å². The maximum absolute atomic E-state index is 11.1. The number of aldehydes is 1. The number of hydrogen-bond acceptors (Lipinski definition) is 10. The van der Waals surface area contributed by atoms with E-state index in [1.165, 1.54) is 6.39 Å². The molecule has 2 aliphatic heterocycles. The Morgan fingerprint density at radius 3 is 2.56 bits per heavy atom. The zero-order valence-corrected chi connectivity index (χ0v) is 26.3. The van der Waals surface area contributed by atoms with Crippen LogP contribution in [0.15, 0.2) is 63.9 Å². The minimum Gasteiger partial charge on any atom is -0.469 e. The van der Waals surface area contributed by atoms with Crippen molar-refractivity contribution in [3.63, 3.8) is 0 Å². The van der Waals surface area contributed by atoms with Crippen molar-refractivity contribution in [1.82, 2.24) is 15.3 Å². The summed E-state index contributed by atoms with van der Waals surface area (Å²) in [6.07, 6.45) is 5.45. The van der Waals surface area contributed by atoms with Crippen LogP contribution < -0.4 is 21.1 Å². The molecule has 6 rings (SSSR count). The van der Waals surface area contributed by atoms with Crippen molar-refractivity contribution in [1.29, 1.82) is 0 Å². The van der Waals surface area contributed by atoms with Crippen LogP contribution in [0.2, 0.25) is 0 Å². The lowest BCUT2D eigenvalue weighted by molar-refractivity contribution is -0.136. The van der Waals surface area contributed by atoms with Crippen molar-refractivity contribution in [3.05, 3.63) is 83.4 Å². The largest absolute Gasteiger partial charge is 0.469 e. The molecule has 45 heavy (non-hydrogen) atoms. The fourth-order valence-electron chi connectivity index (χ4n) is 6.18. The number of aryl methyl sites for hydroxylation is 1. The first-order valence-corrected chi connectivity index (χ1v) is 15.3. The minimum absolute atomic E-state index is 0.0967. The van der Waals surface area contributed by atoms with Crippen LogP contribution in [0, 0.1) is 5.92 Å². The van der Waals surface area contributed by atoms with E-state index in [4.69, 9.17) is 24.3 Å². The molecule has 11 heteroatoms. The van der Waals surface area contributed by atoms with Crippen LogP contribution >= 0.6 is 0 Å². The lowest BCUT2D eigenvalue weighted by Crippen LogP contribution is -2.42. The highest BCUT2D eigenvalue weighted by atomic mass is 16.5. The predicted octanol–water partition coefficient (Wildman–Crippen LogP) is 4.88. The van der Waals surface area contributed by atoms with Gasteiger partial charge >= 0.3 is 0 Å². The summed E-state index contributed by atoms with van der Waals surface area (Å²) in [6, 6.07) is 14.2. The van der Waals surface area contributed by atoms with E-state index >= 15 is 0 Å². The molecule has 4 heterocycles. The number of aliphatic hydroxyl groups is 1. The summed E-state index contributed by atoms with van der Waals surface area (Å²) in [6.45, 7) is 7.71. The summed E-state index contributed by atoms with van der Waals surface area (Å²) in [7, 11) is 1.91. The summed E-state index contributed by atoms with van der Waals surface area (Å²) >= 11 is 0. The first-order chi connectivity index (χ1) is 21.6. The van der Waals surface area contributed by atoms with Gasteiger partial charge in [-0.2, -0.15) is 0 Å². The number of nitrogens with zero attached hydrogens (tertiary/aromatic N) is 2.